The van der Waals surface area contributed by atoms with Crippen LogP contribution in [0.25, 0.3) is 0 Å². The second-order valence-electron chi connectivity index (χ2n) is 5.14. The molecule has 2 N–H and O–H groups in total. The van der Waals surface area contributed by atoms with Gasteiger partial charge in [-0.15, -0.1) is 0 Å². The van der Waals surface area contributed by atoms with E-state index in [4.69, 9.17) is 10.5 Å². The molecular formula is C13H20N2O. The number of rotatable bonds is 3. The van der Waals surface area contributed by atoms with E-state index in [1.165, 1.54) is 11.1 Å². The van der Waals surface area contributed by atoms with E-state index in [0.29, 0.717) is 0 Å². The van der Waals surface area contributed by atoms with Gasteiger partial charge in [0.05, 0.1) is 5.60 Å². The maximum absolute atomic E-state index is 5.79. The molecule has 3 nitrogen and oxygen atoms in total. The number of hydrogen-bond acceptors (Lipinski definition) is 3. The fraction of sp³-hybridized carbons (Fsp3) is 0.538. The third-order valence-corrected chi connectivity index (χ3v) is 3.18. The lowest BCUT2D eigenvalue weighted by Gasteiger charge is -2.28. The third-order valence-electron chi connectivity index (χ3n) is 3.18. The number of anilines is 1. The normalized spacial score (nSPS) is 16.4. The van der Waals surface area contributed by atoms with Gasteiger partial charge in [0.25, 0.3) is 0 Å². The van der Waals surface area contributed by atoms with Gasteiger partial charge in [0, 0.05) is 32.4 Å². The zero-order valence-corrected chi connectivity index (χ0v) is 10.3. The van der Waals surface area contributed by atoms with E-state index in [1.54, 1.807) is 7.11 Å². The molecule has 1 aromatic rings. The third kappa shape index (κ3) is 2.36. The molecule has 0 amide bonds. The molecule has 0 spiro atoms. The highest BCUT2D eigenvalue weighted by atomic mass is 16.5. The van der Waals surface area contributed by atoms with Gasteiger partial charge in [0.1, 0.15) is 0 Å². The summed E-state index contributed by atoms with van der Waals surface area (Å²) in [7, 11) is 1.77. The molecule has 0 fully saturated rings. The predicted octanol–water partition coefficient (Wildman–Crippen LogP) is 2.01. The van der Waals surface area contributed by atoms with Crippen molar-refractivity contribution in [3.05, 3.63) is 29.3 Å². The Hall–Kier alpha value is -1.06. The van der Waals surface area contributed by atoms with Gasteiger partial charge in [-0.25, -0.2) is 0 Å². The maximum Gasteiger partial charge on any atom is 0.0749 e. The first-order chi connectivity index (χ1) is 7.50. The van der Waals surface area contributed by atoms with E-state index in [2.05, 4.69) is 30.9 Å². The van der Waals surface area contributed by atoms with Crippen LogP contribution in [0.2, 0.25) is 0 Å². The molecule has 0 bridgehead atoms. The second kappa shape index (κ2) is 4.07. The molecule has 0 saturated heterocycles. The van der Waals surface area contributed by atoms with Crippen molar-refractivity contribution in [2.45, 2.75) is 32.5 Å². The second-order valence-corrected chi connectivity index (χ2v) is 5.14. The van der Waals surface area contributed by atoms with Crippen LogP contribution in [0.5, 0.6) is 0 Å². The van der Waals surface area contributed by atoms with Gasteiger partial charge in [0.2, 0.25) is 0 Å². The quantitative estimate of drug-likeness (QED) is 0.792. The van der Waals surface area contributed by atoms with Crippen molar-refractivity contribution in [2.24, 2.45) is 0 Å². The van der Waals surface area contributed by atoms with Gasteiger partial charge in [-0.1, -0.05) is 6.07 Å². The van der Waals surface area contributed by atoms with Crippen LogP contribution in [-0.2, 0) is 17.8 Å². The highest BCUT2D eigenvalue weighted by molar-refractivity contribution is 5.46. The Kier molecular flexibility index (Phi) is 2.91. The topological polar surface area (TPSA) is 38.5 Å². The number of ether oxygens (including phenoxy) is 1. The van der Waals surface area contributed by atoms with Crippen LogP contribution in [0.3, 0.4) is 0 Å². The van der Waals surface area contributed by atoms with Crippen LogP contribution in [0.15, 0.2) is 18.2 Å². The Morgan fingerprint density at radius 3 is 2.69 bits per heavy atom. The molecule has 2 rings (SSSR count). The van der Waals surface area contributed by atoms with E-state index < -0.39 is 0 Å². The smallest absolute Gasteiger partial charge is 0.0749 e. The van der Waals surface area contributed by atoms with E-state index in [-0.39, 0.29) is 5.60 Å². The summed E-state index contributed by atoms with van der Waals surface area (Å²) < 4.78 is 5.46. The van der Waals surface area contributed by atoms with Crippen molar-refractivity contribution < 1.29 is 4.74 Å². The van der Waals surface area contributed by atoms with E-state index in [9.17, 15) is 0 Å². The summed E-state index contributed by atoms with van der Waals surface area (Å²) in [5.41, 5.74) is 9.29. The van der Waals surface area contributed by atoms with E-state index in [1.807, 2.05) is 6.07 Å². The Balaban J connectivity index is 2.06. The zero-order valence-electron chi connectivity index (χ0n) is 10.3. The van der Waals surface area contributed by atoms with E-state index in [0.717, 1.165) is 25.3 Å². The lowest BCUT2D eigenvalue weighted by Crippen LogP contribution is -2.37. The van der Waals surface area contributed by atoms with Gasteiger partial charge in [-0.3, -0.25) is 4.90 Å². The first-order valence-electron chi connectivity index (χ1n) is 5.65. The lowest BCUT2D eigenvalue weighted by atomic mass is 10.1. The number of nitrogens with zero attached hydrogens (tertiary/aromatic N) is 1. The number of nitrogen functional groups attached to an aromatic ring is 1. The number of nitrogens with two attached hydrogens (primary N) is 1. The highest BCUT2D eigenvalue weighted by Crippen LogP contribution is 2.26. The molecule has 1 aromatic carbocycles. The molecule has 0 unspecified atom stereocenters. The molecule has 1 aliphatic rings. The summed E-state index contributed by atoms with van der Waals surface area (Å²) in [6, 6.07) is 6.18. The van der Waals surface area contributed by atoms with Gasteiger partial charge in [0.15, 0.2) is 0 Å². The minimum absolute atomic E-state index is 0.0897. The van der Waals surface area contributed by atoms with Gasteiger partial charge < -0.3 is 10.5 Å². The molecule has 0 saturated carbocycles. The average molecular weight is 220 g/mol. The average Bonchev–Trinajstić information content (AvgIpc) is 2.58. The van der Waals surface area contributed by atoms with Gasteiger partial charge in [-0.05, 0) is 37.1 Å². The van der Waals surface area contributed by atoms with E-state index >= 15 is 0 Å². The van der Waals surface area contributed by atoms with Crippen molar-refractivity contribution in [3.8, 4) is 0 Å². The van der Waals surface area contributed by atoms with Gasteiger partial charge in [-0.2, -0.15) is 0 Å². The first-order valence-corrected chi connectivity index (χ1v) is 5.65. The summed E-state index contributed by atoms with van der Waals surface area (Å²) in [5, 5.41) is 0. The van der Waals surface area contributed by atoms with Crippen molar-refractivity contribution in [2.75, 3.05) is 19.4 Å². The standard InChI is InChI=1S/C13H20N2O/c1-13(2,16-3)9-15-7-10-4-5-12(14)6-11(10)8-15/h4-6H,7-9,14H2,1-3H3. The maximum atomic E-state index is 5.79. The monoisotopic (exact) mass is 220 g/mol. The molecule has 1 aliphatic heterocycles. The Bertz CT molecular complexity index is 388. The SMILES string of the molecule is COC(C)(C)CN1Cc2ccc(N)cc2C1. The molecule has 0 aromatic heterocycles. The van der Waals surface area contributed by atoms with Gasteiger partial charge >= 0.3 is 0 Å². The zero-order chi connectivity index (χ0) is 11.8. The molecule has 0 aliphatic carbocycles. The fourth-order valence-corrected chi connectivity index (χ4v) is 2.20. The molecule has 16 heavy (non-hydrogen) atoms. The Morgan fingerprint density at radius 1 is 1.31 bits per heavy atom. The molecule has 0 atom stereocenters. The minimum atomic E-state index is -0.0897. The summed E-state index contributed by atoms with van der Waals surface area (Å²) in [6.45, 7) is 7.16. The van der Waals surface area contributed by atoms with Crippen LogP contribution in [0.1, 0.15) is 25.0 Å². The van der Waals surface area contributed by atoms with Crippen LogP contribution in [0.4, 0.5) is 5.69 Å². The number of benzene rings is 1. The minimum Gasteiger partial charge on any atom is -0.399 e. The Morgan fingerprint density at radius 2 is 2.00 bits per heavy atom. The van der Waals surface area contributed by atoms with Crippen molar-refractivity contribution in [1.82, 2.24) is 4.90 Å². The van der Waals surface area contributed by atoms with Crippen LogP contribution in [-0.4, -0.2) is 24.2 Å². The van der Waals surface area contributed by atoms with Crippen LogP contribution < -0.4 is 5.73 Å². The van der Waals surface area contributed by atoms with Crippen molar-refractivity contribution in [3.63, 3.8) is 0 Å². The summed E-state index contributed by atoms with van der Waals surface area (Å²) in [5.74, 6) is 0. The lowest BCUT2D eigenvalue weighted by molar-refractivity contribution is -0.00858. The molecule has 0 radical (unpaired) electrons. The van der Waals surface area contributed by atoms with Crippen LogP contribution in [0, 0.1) is 0 Å². The summed E-state index contributed by atoms with van der Waals surface area (Å²) >= 11 is 0. The predicted molar refractivity (Wildman–Crippen MR) is 66.1 cm³/mol. The number of hydrogen-bond donors (Lipinski definition) is 1. The molecule has 1 heterocycles. The largest absolute Gasteiger partial charge is 0.399 e. The van der Waals surface area contributed by atoms with Crippen LogP contribution >= 0.6 is 0 Å². The molecule has 3 heteroatoms. The molecular weight excluding hydrogens is 200 g/mol. The molecule has 88 valence electrons. The van der Waals surface area contributed by atoms with Crippen molar-refractivity contribution in [1.29, 1.82) is 0 Å². The highest BCUT2D eigenvalue weighted by Gasteiger charge is 2.25. The number of fused-ring (bicyclic) bond motifs is 1. The first kappa shape index (κ1) is 11.4. The fourth-order valence-electron chi connectivity index (χ4n) is 2.20. The summed E-state index contributed by atoms with van der Waals surface area (Å²) in [6.07, 6.45) is 0. The number of methoxy groups -OCH3 is 1. The summed E-state index contributed by atoms with van der Waals surface area (Å²) in [4.78, 5) is 2.40. The van der Waals surface area contributed by atoms with Crippen molar-refractivity contribution >= 4 is 5.69 Å². The Labute approximate surface area is 97.2 Å².